The number of rotatable bonds is 4. The summed E-state index contributed by atoms with van der Waals surface area (Å²) >= 11 is 0. The number of nitrogens with one attached hydrogen (secondary N) is 1. The largest absolute Gasteiger partial charge is 0.416 e. The Morgan fingerprint density at radius 3 is 2.50 bits per heavy atom. The molecule has 2 aromatic carbocycles. The van der Waals surface area contributed by atoms with E-state index in [4.69, 9.17) is 0 Å². The van der Waals surface area contributed by atoms with Crippen LogP contribution >= 0.6 is 0 Å². The van der Waals surface area contributed by atoms with Crippen LogP contribution in [0.15, 0.2) is 73.1 Å². The number of alkyl halides is 3. The van der Waals surface area contributed by atoms with Crippen LogP contribution in [0, 0.1) is 0 Å². The highest BCUT2D eigenvalue weighted by atomic mass is 19.4. The van der Waals surface area contributed by atoms with Crippen molar-refractivity contribution in [2.45, 2.75) is 25.7 Å². The van der Waals surface area contributed by atoms with E-state index in [1.165, 1.54) is 12.1 Å². The van der Waals surface area contributed by atoms with Gasteiger partial charge in [0, 0.05) is 36.7 Å². The predicted molar refractivity (Wildman–Crippen MR) is 119 cm³/mol. The molecule has 2 aromatic heterocycles. The number of benzene rings is 2. The first-order chi connectivity index (χ1) is 16.3. The lowest BCUT2D eigenvalue weighted by molar-refractivity contribution is -0.137. The van der Waals surface area contributed by atoms with Crippen LogP contribution in [-0.4, -0.2) is 26.1 Å². The Hall–Kier alpha value is -4.14. The zero-order chi connectivity index (χ0) is 23.9. The Balaban J connectivity index is 1.25. The van der Waals surface area contributed by atoms with Crippen LogP contribution in [0.3, 0.4) is 0 Å². The van der Waals surface area contributed by atoms with Gasteiger partial charge in [-0.05, 0) is 59.7 Å². The van der Waals surface area contributed by atoms with Crippen LogP contribution in [-0.2, 0) is 30.5 Å². The summed E-state index contributed by atoms with van der Waals surface area (Å²) in [7, 11) is 0. The summed E-state index contributed by atoms with van der Waals surface area (Å²) < 4.78 is 40.0. The lowest BCUT2D eigenvalue weighted by atomic mass is 10.1. The quantitative estimate of drug-likeness (QED) is 0.477. The molecule has 0 spiro atoms. The van der Waals surface area contributed by atoms with Gasteiger partial charge in [-0.3, -0.25) is 9.59 Å². The minimum Gasteiger partial charge on any atom is -0.334 e. The fraction of sp³-hybridized carbons (Fsp3) is 0.160. The third-order valence-electron chi connectivity index (χ3n) is 5.84. The first-order valence-corrected chi connectivity index (χ1v) is 10.6. The van der Waals surface area contributed by atoms with E-state index >= 15 is 0 Å². The van der Waals surface area contributed by atoms with Gasteiger partial charge in [0.05, 0.1) is 17.7 Å². The molecule has 2 amide bonds. The van der Waals surface area contributed by atoms with Gasteiger partial charge in [0.25, 0.3) is 5.91 Å². The van der Waals surface area contributed by atoms with Crippen molar-refractivity contribution < 1.29 is 22.8 Å². The van der Waals surface area contributed by atoms with Gasteiger partial charge in [-0.15, -0.1) is 0 Å². The Morgan fingerprint density at radius 2 is 1.74 bits per heavy atom. The molecular weight excluding hydrogens is 445 g/mol. The molecule has 34 heavy (non-hydrogen) atoms. The van der Waals surface area contributed by atoms with Gasteiger partial charge in [-0.25, -0.2) is 4.98 Å². The van der Waals surface area contributed by atoms with Crippen molar-refractivity contribution in [3.8, 4) is 0 Å². The number of carbonyl (C=O) groups excluding carboxylic acids is 2. The van der Waals surface area contributed by atoms with Gasteiger partial charge in [-0.2, -0.15) is 13.2 Å². The second-order valence-corrected chi connectivity index (χ2v) is 8.12. The SMILES string of the molecule is O=C(Nc1ccc(C(F)(F)F)cc1)c1ccc2c(c1)CN(C(=O)Cc1cnc3ccccn13)C2. The molecule has 9 heteroatoms. The van der Waals surface area contributed by atoms with Crippen molar-refractivity contribution in [2.75, 3.05) is 5.32 Å². The van der Waals surface area contributed by atoms with Crippen LogP contribution in [0.25, 0.3) is 5.65 Å². The molecular formula is C25H19F3N4O2. The average molecular weight is 464 g/mol. The number of imidazole rings is 1. The number of carbonyl (C=O) groups is 2. The third-order valence-corrected chi connectivity index (χ3v) is 5.84. The van der Waals surface area contributed by atoms with Gasteiger partial charge in [-0.1, -0.05) is 12.1 Å². The monoisotopic (exact) mass is 464 g/mol. The maximum absolute atomic E-state index is 12.9. The summed E-state index contributed by atoms with van der Waals surface area (Å²) in [5.41, 5.74) is 3.26. The minimum atomic E-state index is -4.43. The molecule has 172 valence electrons. The highest BCUT2D eigenvalue weighted by molar-refractivity contribution is 6.04. The third kappa shape index (κ3) is 4.24. The van der Waals surface area contributed by atoms with Gasteiger partial charge < -0.3 is 14.6 Å². The highest BCUT2D eigenvalue weighted by Gasteiger charge is 2.30. The first kappa shape index (κ1) is 21.7. The predicted octanol–water partition coefficient (Wildman–Crippen LogP) is 4.69. The fourth-order valence-corrected chi connectivity index (χ4v) is 4.04. The second-order valence-electron chi connectivity index (χ2n) is 8.12. The van der Waals surface area contributed by atoms with Crippen LogP contribution in [0.1, 0.15) is 32.7 Å². The normalized spacial score (nSPS) is 13.2. The molecule has 4 aromatic rings. The van der Waals surface area contributed by atoms with E-state index in [1.54, 1.807) is 29.3 Å². The van der Waals surface area contributed by atoms with Gasteiger partial charge in [0.15, 0.2) is 0 Å². The molecule has 0 saturated heterocycles. The Kier molecular flexibility index (Phi) is 5.31. The average Bonchev–Trinajstić information content (AvgIpc) is 3.43. The molecule has 1 aliphatic rings. The summed E-state index contributed by atoms with van der Waals surface area (Å²) in [6.07, 6.45) is -0.664. The van der Waals surface area contributed by atoms with Crippen LogP contribution in [0.5, 0.6) is 0 Å². The fourth-order valence-electron chi connectivity index (χ4n) is 4.04. The number of fused-ring (bicyclic) bond motifs is 2. The Bertz CT molecular complexity index is 1390. The molecule has 0 radical (unpaired) electrons. The smallest absolute Gasteiger partial charge is 0.334 e. The van der Waals surface area contributed by atoms with Crippen LogP contribution in [0.4, 0.5) is 18.9 Å². The molecule has 3 heterocycles. The van der Waals surface area contributed by atoms with Crippen molar-refractivity contribution >= 4 is 23.1 Å². The summed E-state index contributed by atoms with van der Waals surface area (Å²) in [6.45, 7) is 0.831. The number of pyridine rings is 1. The number of anilines is 1. The van der Waals surface area contributed by atoms with E-state index in [0.29, 0.717) is 18.7 Å². The van der Waals surface area contributed by atoms with E-state index < -0.39 is 17.6 Å². The zero-order valence-electron chi connectivity index (χ0n) is 17.8. The van der Waals surface area contributed by atoms with Crippen molar-refractivity contribution in [3.05, 3.63) is 101 Å². The van der Waals surface area contributed by atoms with Gasteiger partial charge in [0.1, 0.15) is 5.65 Å². The minimum absolute atomic E-state index is 0.0439. The summed E-state index contributed by atoms with van der Waals surface area (Å²) in [6, 6.07) is 15.1. The molecule has 0 bridgehead atoms. The summed E-state index contributed by atoms with van der Waals surface area (Å²) in [5.74, 6) is -0.476. The number of hydrogen-bond acceptors (Lipinski definition) is 3. The molecule has 6 nitrogen and oxygen atoms in total. The molecule has 0 fully saturated rings. The second kappa shape index (κ2) is 8.33. The molecule has 0 unspecified atom stereocenters. The van der Waals surface area contributed by atoms with E-state index in [0.717, 1.165) is 34.6 Å². The number of nitrogens with zero attached hydrogens (tertiary/aromatic N) is 3. The lowest BCUT2D eigenvalue weighted by Gasteiger charge is -2.15. The number of halogens is 3. The zero-order valence-corrected chi connectivity index (χ0v) is 17.8. The van der Waals surface area contributed by atoms with Crippen LogP contribution in [0.2, 0.25) is 0 Å². The first-order valence-electron chi connectivity index (χ1n) is 10.6. The molecule has 1 N–H and O–H groups in total. The highest BCUT2D eigenvalue weighted by Crippen LogP contribution is 2.30. The molecule has 5 rings (SSSR count). The number of hydrogen-bond donors (Lipinski definition) is 1. The van der Waals surface area contributed by atoms with Gasteiger partial charge >= 0.3 is 6.18 Å². The Labute approximate surface area is 192 Å². The summed E-state index contributed by atoms with van der Waals surface area (Å²) in [5, 5.41) is 2.61. The maximum Gasteiger partial charge on any atom is 0.416 e. The summed E-state index contributed by atoms with van der Waals surface area (Å²) in [4.78, 5) is 31.6. The van der Waals surface area contributed by atoms with E-state index in [2.05, 4.69) is 10.3 Å². The maximum atomic E-state index is 12.9. The molecule has 0 atom stereocenters. The van der Waals surface area contributed by atoms with Crippen molar-refractivity contribution in [1.29, 1.82) is 0 Å². The topological polar surface area (TPSA) is 66.7 Å². The van der Waals surface area contributed by atoms with Crippen molar-refractivity contribution in [3.63, 3.8) is 0 Å². The van der Waals surface area contributed by atoms with E-state index in [-0.39, 0.29) is 18.0 Å². The Morgan fingerprint density at radius 1 is 0.971 bits per heavy atom. The van der Waals surface area contributed by atoms with Crippen molar-refractivity contribution in [1.82, 2.24) is 14.3 Å². The van der Waals surface area contributed by atoms with Crippen LogP contribution < -0.4 is 5.32 Å². The van der Waals surface area contributed by atoms with Gasteiger partial charge in [0.2, 0.25) is 5.91 Å². The number of aromatic nitrogens is 2. The molecule has 0 saturated carbocycles. The number of amides is 2. The molecule has 0 aliphatic carbocycles. The standard InChI is InChI=1S/C25H19F3N4O2/c26-25(27,28)19-6-8-20(9-7-19)30-24(34)16-4-5-17-14-31(15-18(17)11-16)23(33)12-21-13-29-22-3-1-2-10-32(21)22/h1-11,13H,12,14-15H2,(H,30,34). The van der Waals surface area contributed by atoms with E-state index in [9.17, 15) is 22.8 Å². The molecule has 1 aliphatic heterocycles. The van der Waals surface area contributed by atoms with E-state index in [1.807, 2.05) is 28.8 Å². The lowest BCUT2D eigenvalue weighted by Crippen LogP contribution is -2.27. The van der Waals surface area contributed by atoms with Crippen molar-refractivity contribution in [2.24, 2.45) is 0 Å².